The summed E-state index contributed by atoms with van der Waals surface area (Å²) in [6.45, 7) is 5.92. The highest BCUT2D eigenvalue weighted by Crippen LogP contribution is 2.21. The number of carbonyl (C=O) groups excluding carboxylic acids is 2. The molecule has 0 aliphatic heterocycles. The second-order valence-corrected chi connectivity index (χ2v) is 6.75. The Hall–Kier alpha value is -2.40. The predicted molar refractivity (Wildman–Crippen MR) is 103 cm³/mol. The molecule has 0 fully saturated rings. The first-order valence-electron chi connectivity index (χ1n) is 8.41. The van der Waals surface area contributed by atoms with Crippen LogP contribution < -0.4 is 10.2 Å². The zero-order chi connectivity index (χ0) is 19.3. The number of benzene rings is 2. The molecular formula is C20H22ClFN2O2. The van der Waals surface area contributed by atoms with E-state index in [9.17, 15) is 14.0 Å². The summed E-state index contributed by atoms with van der Waals surface area (Å²) in [5, 5.41) is 2.59. The Morgan fingerprint density at radius 3 is 2.35 bits per heavy atom. The highest BCUT2D eigenvalue weighted by molar-refractivity contribution is 6.31. The fraction of sp³-hybridized carbons (Fsp3) is 0.300. The fourth-order valence-corrected chi connectivity index (χ4v) is 2.70. The lowest BCUT2D eigenvalue weighted by Crippen LogP contribution is -2.31. The van der Waals surface area contributed by atoms with Crippen LogP contribution in [0.4, 0.5) is 15.8 Å². The summed E-state index contributed by atoms with van der Waals surface area (Å²) in [4.78, 5) is 25.6. The smallest absolute Gasteiger partial charge is 0.226 e. The van der Waals surface area contributed by atoms with Gasteiger partial charge in [0.1, 0.15) is 5.82 Å². The van der Waals surface area contributed by atoms with E-state index < -0.39 is 5.82 Å². The average Bonchev–Trinajstić information content (AvgIpc) is 2.58. The molecule has 0 saturated carbocycles. The van der Waals surface area contributed by atoms with Crippen molar-refractivity contribution in [2.75, 3.05) is 16.8 Å². The van der Waals surface area contributed by atoms with Crippen LogP contribution in [0.1, 0.15) is 38.7 Å². The van der Waals surface area contributed by atoms with E-state index in [2.05, 4.69) is 19.2 Å². The lowest BCUT2D eigenvalue weighted by Gasteiger charge is -2.21. The van der Waals surface area contributed by atoms with Gasteiger partial charge in [0, 0.05) is 31.3 Å². The maximum absolute atomic E-state index is 13.2. The molecule has 138 valence electrons. The van der Waals surface area contributed by atoms with Crippen molar-refractivity contribution in [3.05, 3.63) is 58.9 Å². The van der Waals surface area contributed by atoms with Gasteiger partial charge in [-0.3, -0.25) is 9.59 Å². The molecule has 2 aromatic rings. The van der Waals surface area contributed by atoms with E-state index >= 15 is 0 Å². The number of nitrogens with zero attached hydrogens (tertiary/aromatic N) is 1. The SMILES string of the molecule is CC(=O)N(CCC(=O)Nc1ccc(F)c(Cl)c1)c1ccc(C(C)C)cc1. The molecule has 2 rings (SSSR count). The zero-order valence-electron chi connectivity index (χ0n) is 15.1. The Balaban J connectivity index is 2.00. The van der Waals surface area contributed by atoms with E-state index in [0.29, 0.717) is 11.6 Å². The maximum Gasteiger partial charge on any atom is 0.226 e. The monoisotopic (exact) mass is 376 g/mol. The van der Waals surface area contributed by atoms with Gasteiger partial charge in [0.25, 0.3) is 0 Å². The van der Waals surface area contributed by atoms with E-state index in [1.165, 1.54) is 30.7 Å². The minimum Gasteiger partial charge on any atom is -0.326 e. The molecular weight excluding hydrogens is 355 g/mol. The second kappa shape index (κ2) is 8.81. The van der Waals surface area contributed by atoms with Crippen LogP contribution in [0, 0.1) is 5.82 Å². The normalized spacial score (nSPS) is 10.7. The van der Waals surface area contributed by atoms with E-state index in [1.54, 1.807) is 4.90 Å². The van der Waals surface area contributed by atoms with Gasteiger partial charge in [-0.15, -0.1) is 0 Å². The van der Waals surface area contributed by atoms with Crippen LogP contribution in [0.25, 0.3) is 0 Å². The van der Waals surface area contributed by atoms with Gasteiger partial charge in [-0.05, 0) is 41.8 Å². The molecule has 4 nitrogen and oxygen atoms in total. The summed E-state index contributed by atoms with van der Waals surface area (Å²) in [7, 11) is 0. The van der Waals surface area contributed by atoms with Crippen LogP contribution in [0.3, 0.4) is 0 Å². The summed E-state index contributed by atoms with van der Waals surface area (Å²) in [5.74, 6) is -0.557. The van der Waals surface area contributed by atoms with E-state index in [4.69, 9.17) is 11.6 Å². The van der Waals surface area contributed by atoms with Gasteiger partial charge in [-0.25, -0.2) is 4.39 Å². The van der Waals surface area contributed by atoms with Crippen LogP contribution in [0.5, 0.6) is 0 Å². The zero-order valence-corrected chi connectivity index (χ0v) is 15.8. The van der Waals surface area contributed by atoms with Crippen molar-refractivity contribution >= 4 is 34.8 Å². The molecule has 0 heterocycles. The number of carbonyl (C=O) groups is 2. The number of halogens is 2. The topological polar surface area (TPSA) is 49.4 Å². The lowest BCUT2D eigenvalue weighted by atomic mass is 10.0. The van der Waals surface area contributed by atoms with E-state index in [-0.39, 0.29) is 29.8 Å². The number of nitrogens with one attached hydrogen (secondary N) is 1. The summed E-state index contributed by atoms with van der Waals surface area (Å²) in [5.41, 5.74) is 2.35. The van der Waals surface area contributed by atoms with E-state index in [0.717, 1.165) is 5.69 Å². The number of amides is 2. The summed E-state index contributed by atoms with van der Waals surface area (Å²) < 4.78 is 13.2. The number of hydrogen-bond acceptors (Lipinski definition) is 2. The van der Waals surface area contributed by atoms with Crippen molar-refractivity contribution in [1.82, 2.24) is 0 Å². The van der Waals surface area contributed by atoms with Gasteiger partial charge in [0.15, 0.2) is 0 Å². The fourth-order valence-electron chi connectivity index (χ4n) is 2.52. The van der Waals surface area contributed by atoms with Crippen molar-refractivity contribution in [2.45, 2.75) is 33.1 Å². The third-order valence-corrected chi connectivity index (χ3v) is 4.31. The molecule has 1 N–H and O–H groups in total. The average molecular weight is 377 g/mol. The third-order valence-electron chi connectivity index (χ3n) is 4.02. The van der Waals surface area contributed by atoms with E-state index in [1.807, 2.05) is 24.3 Å². The van der Waals surface area contributed by atoms with Crippen molar-refractivity contribution in [2.24, 2.45) is 0 Å². The molecule has 0 aliphatic rings. The molecule has 0 aromatic heterocycles. The van der Waals surface area contributed by atoms with Gasteiger partial charge in [-0.1, -0.05) is 37.6 Å². The molecule has 0 atom stereocenters. The van der Waals surface area contributed by atoms with Crippen LogP contribution in [0.15, 0.2) is 42.5 Å². The Kier molecular flexibility index (Phi) is 6.75. The predicted octanol–water partition coefficient (Wildman–Crippen LogP) is 4.98. The molecule has 0 unspecified atom stereocenters. The highest BCUT2D eigenvalue weighted by Gasteiger charge is 2.14. The van der Waals surface area contributed by atoms with Crippen molar-refractivity contribution in [1.29, 1.82) is 0 Å². The molecule has 2 amide bonds. The molecule has 0 saturated heterocycles. The van der Waals surface area contributed by atoms with Crippen molar-refractivity contribution in [3.8, 4) is 0 Å². The standard InChI is InChI=1S/C20H22ClFN2O2/c1-13(2)15-4-7-17(8-5-15)24(14(3)25)11-10-20(26)23-16-6-9-19(22)18(21)12-16/h4-9,12-13H,10-11H2,1-3H3,(H,23,26). The Labute approximate surface area is 158 Å². The van der Waals surface area contributed by atoms with Gasteiger partial charge in [0.05, 0.1) is 5.02 Å². The first-order chi connectivity index (χ1) is 12.3. The molecule has 0 radical (unpaired) electrons. The first-order valence-corrected chi connectivity index (χ1v) is 8.78. The highest BCUT2D eigenvalue weighted by atomic mass is 35.5. The van der Waals surface area contributed by atoms with Crippen LogP contribution in [0.2, 0.25) is 5.02 Å². The van der Waals surface area contributed by atoms with Crippen LogP contribution >= 0.6 is 11.6 Å². The Morgan fingerprint density at radius 2 is 1.81 bits per heavy atom. The Morgan fingerprint density at radius 1 is 1.15 bits per heavy atom. The van der Waals surface area contributed by atoms with Gasteiger partial charge in [0.2, 0.25) is 11.8 Å². The van der Waals surface area contributed by atoms with Crippen LogP contribution in [-0.4, -0.2) is 18.4 Å². The quantitative estimate of drug-likeness (QED) is 0.772. The van der Waals surface area contributed by atoms with Gasteiger partial charge < -0.3 is 10.2 Å². The molecule has 6 heteroatoms. The maximum atomic E-state index is 13.2. The molecule has 2 aromatic carbocycles. The minimum absolute atomic E-state index is 0.0570. The molecule has 0 spiro atoms. The van der Waals surface area contributed by atoms with Gasteiger partial charge >= 0.3 is 0 Å². The van der Waals surface area contributed by atoms with Crippen molar-refractivity contribution in [3.63, 3.8) is 0 Å². The minimum atomic E-state index is -0.544. The van der Waals surface area contributed by atoms with Crippen molar-refractivity contribution < 1.29 is 14.0 Å². The third kappa shape index (κ3) is 5.30. The molecule has 0 bridgehead atoms. The lowest BCUT2D eigenvalue weighted by molar-refractivity contribution is -0.117. The number of rotatable bonds is 6. The second-order valence-electron chi connectivity index (χ2n) is 6.34. The van der Waals surface area contributed by atoms with Gasteiger partial charge in [-0.2, -0.15) is 0 Å². The first kappa shape index (κ1) is 19.9. The van der Waals surface area contributed by atoms with Crippen LogP contribution in [-0.2, 0) is 9.59 Å². The molecule has 26 heavy (non-hydrogen) atoms. The summed E-state index contributed by atoms with van der Waals surface area (Å²) in [6.07, 6.45) is 0.112. The summed E-state index contributed by atoms with van der Waals surface area (Å²) >= 11 is 5.70. The number of hydrogen-bond donors (Lipinski definition) is 1. The Bertz CT molecular complexity index is 791. The number of anilines is 2. The molecule has 0 aliphatic carbocycles. The largest absolute Gasteiger partial charge is 0.326 e. The summed E-state index contributed by atoms with van der Waals surface area (Å²) in [6, 6.07) is 11.7.